The van der Waals surface area contributed by atoms with Gasteiger partial charge in [0.1, 0.15) is 11.6 Å². The van der Waals surface area contributed by atoms with E-state index in [0.717, 1.165) is 18.2 Å². The number of amides is 1. The molecule has 110 valence electrons. The third kappa shape index (κ3) is 3.47. The topological polar surface area (TPSA) is 67.2 Å². The Balaban J connectivity index is 2.33. The van der Waals surface area contributed by atoms with E-state index in [-0.39, 0.29) is 11.6 Å². The molecular formula is C15H15F2N3O. The molecule has 0 saturated carbocycles. The third-order valence-electron chi connectivity index (χ3n) is 2.85. The van der Waals surface area contributed by atoms with E-state index in [2.05, 4.69) is 10.6 Å². The van der Waals surface area contributed by atoms with Crippen LogP contribution in [0, 0.1) is 11.6 Å². The first-order chi connectivity index (χ1) is 10.0. The van der Waals surface area contributed by atoms with Gasteiger partial charge in [-0.15, -0.1) is 0 Å². The molecule has 4 nitrogen and oxygen atoms in total. The average Bonchev–Trinajstić information content (AvgIpc) is 2.45. The van der Waals surface area contributed by atoms with E-state index in [4.69, 9.17) is 5.73 Å². The second-order valence-corrected chi connectivity index (χ2v) is 4.41. The van der Waals surface area contributed by atoms with Gasteiger partial charge in [0.25, 0.3) is 5.91 Å². The summed E-state index contributed by atoms with van der Waals surface area (Å²) in [6.07, 6.45) is 0. The Morgan fingerprint density at radius 1 is 1.14 bits per heavy atom. The molecule has 0 aliphatic heterocycles. The minimum Gasteiger partial charge on any atom is -0.397 e. The Kier molecular flexibility index (Phi) is 4.37. The molecule has 21 heavy (non-hydrogen) atoms. The molecule has 0 bridgehead atoms. The first-order valence-corrected chi connectivity index (χ1v) is 6.41. The molecule has 0 atom stereocenters. The Morgan fingerprint density at radius 3 is 2.62 bits per heavy atom. The van der Waals surface area contributed by atoms with Crippen LogP contribution < -0.4 is 16.4 Å². The molecule has 2 rings (SSSR count). The predicted molar refractivity (Wildman–Crippen MR) is 78.5 cm³/mol. The van der Waals surface area contributed by atoms with E-state index in [1.165, 1.54) is 12.1 Å². The minimum atomic E-state index is -0.612. The highest BCUT2D eigenvalue weighted by atomic mass is 19.1. The molecule has 4 N–H and O–H groups in total. The van der Waals surface area contributed by atoms with Gasteiger partial charge in [-0.25, -0.2) is 8.78 Å². The summed E-state index contributed by atoms with van der Waals surface area (Å²) in [7, 11) is 0. The third-order valence-corrected chi connectivity index (χ3v) is 2.85. The number of carbonyl (C=O) groups is 1. The highest BCUT2D eigenvalue weighted by Crippen LogP contribution is 2.26. The lowest BCUT2D eigenvalue weighted by molar-refractivity contribution is 0.0956. The maximum atomic E-state index is 13.6. The Labute approximate surface area is 121 Å². The molecule has 2 aromatic rings. The van der Waals surface area contributed by atoms with Gasteiger partial charge in [0.2, 0.25) is 0 Å². The molecule has 0 saturated heterocycles. The van der Waals surface area contributed by atoms with Crippen molar-refractivity contribution in [1.29, 1.82) is 0 Å². The van der Waals surface area contributed by atoms with Crippen molar-refractivity contribution in [3.63, 3.8) is 0 Å². The summed E-state index contributed by atoms with van der Waals surface area (Å²) >= 11 is 0. The molecule has 0 aromatic heterocycles. The van der Waals surface area contributed by atoms with E-state index in [0.29, 0.717) is 23.5 Å². The first kappa shape index (κ1) is 14.8. The first-order valence-electron chi connectivity index (χ1n) is 6.41. The van der Waals surface area contributed by atoms with Crippen molar-refractivity contribution in [3.8, 4) is 0 Å². The molecule has 1 amide bonds. The number of anilines is 3. The summed E-state index contributed by atoms with van der Waals surface area (Å²) < 4.78 is 26.8. The van der Waals surface area contributed by atoms with Crippen LogP contribution in [0.5, 0.6) is 0 Å². The summed E-state index contributed by atoms with van der Waals surface area (Å²) in [6, 6.07) is 7.65. The minimum absolute atomic E-state index is 0.0465. The van der Waals surface area contributed by atoms with Gasteiger partial charge in [-0.2, -0.15) is 0 Å². The molecule has 0 spiro atoms. The summed E-state index contributed by atoms with van der Waals surface area (Å²) in [5.74, 6) is -1.45. The SMILES string of the molecule is CCNC(=O)c1ccc(N)c(Nc2cc(F)ccc2F)c1. The summed E-state index contributed by atoms with van der Waals surface area (Å²) in [4.78, 5) is 11.8. The van der Waals surface area contributed by atoms with Crippen molar-refractivity contribution >= 4 is 23.0 Å². The van der Waals surface area contributed by atoms with E-state index in [1.807, 2.05) is 0 Å². The maximum absolute atomic E-state index is 13.6. The largest absolute Gasteiger partial charge is 0.397 e. The zero-order chi connectivity index (χ0) is 15.4. The number of nitrogen functional groups attached to an aromatic ring is 1. The van der Waals surface area contributed by atoms with Crippen molar-refractivity contribution in [2.45, 2.75) is 6.92 Å². The zero-order valence-electron chi connectivity index (χ0n) is 11.4. The van der Waals surface area contributed by atoms with Crippen LogP contribution in [-0.4, -0.2) is 12.5 Å². The predicted octanol–water partition coefficient (Wildman–Crippen LogP) is 3.04. The normalized spacial score (nSPS) is 10.2. The quantitative estimate of drug-likeness (QED) is 0.758. The van der Waals surface area contributed by atoms with E-state index >= 15 is 0 Å². The number of nitrogens with one attached hydrogen (secondary N) is 2. The van der Waals surface area contributed by atoms with Crippen molar-refractivity contribution in [2.75, 3.05) is 17.6 Å². The number of halogens is 2. The van der Waals surface area contributed by atoms with Crippen LogP contribution in [0.2, 0.25) is 0 Å². The number of hydrogen-bond donors (Lipinski definition) is 3. The standard InChI is InChI=1S/C15H15F2N3O/c1-2-19-15(21)9-3-6-12(18)14(7-9)20-13-8-10(16)4-5-11(13)17/h3-8,20H,2,18H2,1H3,(H,19,21). The fourth-order valence-electron chi connectivity index (χ4n) is 1.81. The van der Waals surface area contributed by atoms with Gasteiger partial charge in [-0.1, -0.05) is 0 Å². The van der Waals surface area contributed by atoms with Crippen LogP contribution in [0.3, 0.4) is 0 Å². The molecule has 0 heterocycles. The number of hydrogen-bond acceptors (Lipinski definition) is 3. The van der Waals surface area contributed by atoms with Gasteiger partial charge in [-0.05, 0) is 37.3 Å². The lowest BCUT2D eigenvalue weighted by Crippen LogP contribution is -2.22. The molecular weight excluding hydrogens is 276 g/mol. The van der Waals surface area contributed by atoms with Crippen LogP contribution in [0.1, 0.15) is 17.3 Å². The van der Waals surface area contributed by atoms with E-state index in [1.54, 1.807) is 13.0 Å². The maximum Gasteiger partial charge on any atom is 0.251 e. The Morgan fingerprint density at radius 2 is 1.90 bits per heavy atom. The fraction of sp³-hybridized carbons (Fsp3) is 0.133. The van der Waals surface area contributed by atoms with Crippen LogP contribution in [0.15, 0.2) is 36.4 Å². The van der Waals surface area contributed by atoms with Crippen LogP contribution in [0.25, 0.3) is 0 Å². The van der Waals surface area contributed by atoms with E-state index < -0.39 is 11.6 Å². The number of carbonyl (C=O) groups excluding carboxylic acids is 1. The monoisotopic (exact) mass is 291 g/mol. The molecule has 6 heteroatoms. The van der Waals surface area contributed by atoms with E-state index in [9.17, 15) is 13.6 Å². The van der Waals surface area contributed by atoms with Crippen molar-refractivity contribution in [3.05, 3.63) is 53.6 Å². The van der Waals surface area contributed by atoms with Crippen LogP contribution in [0.4, 0.5) is 25.8 Å². The van der Waals surface area contributed by atoms with Gasteiger partial charge in [0.05, 0.1) is 17.1 Å². The van der Waals surface area contributed by atoms with Gasteiger partial charge >= 0.3 is 0 Å². The summed E-state index contributed by atoms with van der Waals surface area (Å²) in [6.45, 7) is 2.29. The molecule has 0 fully saturated rings. The lowest BCUT2D eigenvalue weighted by Gasteiger charge is -2.12. The summed E-state index contributed by atoms with van der Waals surface area (Å²) in [5.41, 5.74) is 6.78. The number of benzene rings is 2. The number of nitrogens with two attached hydrogens (primary N) is 1. The fourth-order valence-corrected chi connectivity index (χ4v) is 1.81. The summed E-state index contributed by atoms with van der Waals surface area (Å²) in [5, 5.41) is 5.35. The van der Waals surface area contributed by atoms with Crippen LogP contribution in [-0.2, 0) is 0 Å². The molecule has 0 radical (unpaired) electrons. The van der Waals surface area contributed by atoms with Gasteiger partial charge < -0.3 is 16.4 Å². The zero-order valence-corrected chi connectivity index (χ0v) is 11.4. The van der Waals surface area contributed by atoms with Crippen molar-refractivity contribution in [2.24, 2.45) is 0 Å². The molecule has 0 aliphatic carbocycles. The highest BCUT2D eigenvalue weighted by molar-refractivity contribution is 5.96. The van der Waals surface area contributed by atoms with Crippen LogP contribution >= 0.6 is 0 Å². The van der Waals surface area contributed by atoms with Gasteiger partial charge in [0, 0.05) is 18.2 Å². The van der Waals surface area contributed by atoms with Gasteiger partial charge in [0.15, 0.2) is 0 Å². The smallest absolute Gasteiger partial charge is 0.251 e. The molecule has 0 unspecified atom stereocenters. The van der Waals surface area contributed by atoms with Gasteiger partial charge in [-0.3, -0.25) is 4.79 Å². The van der Waals surface area contributed by atoms with Crippen molar-refractivity contribution < 1.29 is 13.6 Å². The molecule has 2 aromatic carbocycles. The molecule has 0 aliphatic rings. The lowest BCUT2D eigenvalue weighted by atomic mass is 10.1. The highest BCUT2D eigenvalue weighted by Gasteiger charge is 2.10. The second kappa shape index (κ2) is 6.21. The van der Waals surface area contributed by atoms with Crippen molar-refractivity contribution in [1.82, 2.24) is 5.32 Å². The average molecular weight is 291 g/mol. The Hall–Kier alpha value is -2.63. The number of rotatable bonds is 4. The second-order valence-electron chi connectivity index (χ2n) is 4.41. The Bertz CT molecular complexity index is 674.